The molecule has 0 atom stereocenters. The van der Waals surface area contributed by atoms with Crippen molar-refractivity contribution in [2.75, 3.05) is 0 Å². The van der Waals surface area contributed by atoms with Gasteiger partial charge in [0.2, 0.25) is 0 Å². The maximum atomic E-state index is 12.3. The Hall–Kier alpha value is -2.37. The van der Waals surface area contributed by atoms with Crippen LogP contribution in [0.15, 0.2) is 36.5 Å². The Morgan fingerprint density at radius 1 is 0.643 bits per heavy atom. The lowest BCUT2D eigenvalue weighted by atomic mass is 9.50. The molecule has 4 fully saturated rings. The summed E-state index contributed by atoms with van der Waals surface area (Å²) in [4.78, 5) is 37.0. The van der Waals surface area contributed by atoms with Crippen LogP contribution in [-0.4, -0.2) is 34.7 Å². The van der Waals surface area contributed by atoms with Crippen LogP contribution in [0, 0.1) is 5.92 Å². The molecule has 0 radical (unpaired) electrons. The van der Waals surface area contributed by atoms with Gasteiger partial charge in [-0.05, 0) is 46.0 Å². The summed E-state index contributed by atoms with van der Waals surface area (Å²) in [5, 5.41) is 0. The third-order valence-electron chi connectivity index (χ3n) is 5.89. The van der Waals surface area contributed by atoms with E-state index in [1.165, 1.54) is 0 Å². The maximum Gasteiger partial charge on any atom is 0.333 e. The van der Waals surface area contributed by atoms with Crippen molar-refractivity contribution < 1.29 is 28.6 Å². The second-order valence-corrected chi connectivity index (χ2v) is 9.07. The molecule has 152 valence electrons. The summed E-state index contributed by atoms with van der Waals surface area (Å²) in [5.41, 5.74) is -1.63. The normalized spacial score (nSPS) is 35.0. The van der Waals surface area contributed by atoms with E-state index in [-0.39, 0.29) is 5.92 Å². The third-order valence-corrected chi connectivity index (χ3v) is 5.89. The summed E-state index contributed by atoms with van der Waals surface area (Å²) in [7, 11) is 0. The second-order valence-electron chi connectivity index (χ2n) is 9.07. The lowest BCUT2D eigenvalue weighted by molar-refractivity contribution is -0.269. The molecule has 6 heteroatoms. The number of esters is 3. The molecule has 0 amide bonds. The van der Waals surface area contributed by atoms with Crippen molar-refractivity contribution in [1.82, 2.24) is 0 Å². The lowest BCUT2D eigenvalue weighted by Crippen LogP contribution is -2.69. The van der Waals surface area contributed by atoms with E-state index in [4.69, 9.17) is 14.2 Å². The Balaban J connectivity index is 1.97. The van der Waals surface area contributed by atoms with Gasteiger partial charge in [0.15, 0.2) is 0 Å². The molecule has 0 spiro atoms. The van der Waals surface area contributed by atoms with Crippen molar-refractivity contribution in [3.8, 4) is 0 Å². The van der Waals surface area contributed by atoms with Gasteiger partial charge in [-0.25, -0.2) is 14.4 Å². The maximum absolute atomic E-state index is 12.3. The molecule has 0 N–H and O–H groups in total. The van der Waals surface area contributed by atoms with Crippen molar-refractivity contribution in [2.24, 2.45) is 5.92 Å². The number of carbonyl (C=O) groups excluding carboxylic acids is 3. The Kier molecular flexibility index (Phi) is 4.80. The average molecular weight is 388 g/mol. The quantitative estimate of drug-likeness (QED) is 0.393. The van der Waals surface area contributed by atoms with Crippen LogP contribution in [0.3, 0.4) is 0 Å². The number of ether oxygens (including phenoxy) is 3. The highest BCUT2D eigenvalue weighted by Gasteiger charge is 2.68. The van der Waals surface area contributed by atoms with Gasteiger partial charge in [0.05, 0.1) is 0 Å². The van der Waals surface area contributed by atoms with Crippen LogP contribution in [-0.2, 0) is 28.6 Å². The van der Waals surface area contributed by atoms with Gasteiger partial charge >= 0.3 is 17.9 Å². The molecular weight excluding hydrogens is 360 g/mol. The first-order chi connectivity index (χ1) is 12.9. The summed E-state index contributed by atoms with van der Waals surface area (Å²) in [5.74, 6) is -1.33. The fourth-order valence-corrected chi connectivity index (χ4v) is 5.37. The molecule has 0 saturated heterocycles. The zero-order valence-electron chi connectivity index (χ0n) is 16.9. The first kappa shape index (κ1) is 20.4. The number of hydrogen-bond donors (Lipinski definition) is 0. The Bertz CT molecular complexity index is 678. The van der Waals surface area contributed by atoms with Crippen molar-refractivity contribution in [1.29, 1.82) is 0 Å². The molecule has 0 aromatic heterocycles. The predicted molar refractivity (Wildman–Crippen MR) is 102 cm³/mol. The van der Waals surface area contributed by atoms with Gasteiger partial charge in [-0.1, -0.05) is 19.7 Å². The van der Waals surface area contributed by atoms with Crippen LogP contribution in [0.25, 0.3) is 0 Å². The van der Waals surface area contributed by atoms with Gasteiger partial charge in [0.1, 0.15) is 16.8 Å². The minimum absolute atomic E-state index is 0.116. The largest absolute Gasteiger partial charge is 0.455 e. The molecule has 6 nitrogen and oxygen atoms in total. The highest BCUT2D eigenvalue weighted by molar-refractivity contribution is 5.88. The monoisotopic (exact) mass is 388 g/mol. The van der Waals surface area contributed by atoms with E-state index in [2.05, 4.69) is 19.7 Å². The summed E-state index contributed by atoms with van der Waals surface area (Å²) >= 11 is 0. The molecule has 0 aromatic rings. The van der Waals surface area contributed by atoms with Crippen LogP contribution in [0.2, 0.25) is 0 Å². The van der Waals surface area contributed by atoms with E-state index in [1.807, 2.05) is 0 Å². The van der Waals surface area contributed by atoms with Gasteiger partial charge in [0.25, 0.3) is 0 Å². The fraction of sp³-hybridized carbons (Fsp3) is 0.591. The van der Waals surface area contributed by atoms with Gasteiger partial charge in [0, 0.05) is 36.0 Å². The zero-order valence-corrected chi connectivity index (χ0v) is 16.9. The van der Waals surface area contributed by atoms with Crippen molar-refractivity contribution in [3.63, 3.8) is 0 Å². The number of hydrogen-bond acceptors (Lipinski definition) is 6. The molecule has 0 aromatic carbocycles. The summed E-state index contributed by atoms with van der Waals surface area (Å²) < 4.78 is 17.6. The van der Waals surface area contributed by atoms with Crippen LogP contribution >= 0.6 is 0 Å². The van der Waals surface area contributed by atoms with Gasteiger partial charge < -0.3 is 14.2 Å². The lowest BCUT2D eigenvalue weighted by Gasteiger charge is -2.63. The van der Waals surface area contributed by atoms with E-state index in [0.29, 0.717) is 55.2 Å². The molecule has 4 saturated carbocycles. The van der Waals surface area contributed by atoms with Crippen molar-refractivity contribution in [2.45, 2.75) is 76.1 Å². The molecule has 0 heterocycles. The van der Waals surface area contributed by atoms with E-state index in [9.17, 15) is 14.4 Å². The molecule has 4 rings (SSSR count). The van der Waals surface area contributed by atoms with Crippen LogP contribution in [0.5, 0.6) is 0 Å². The first-order valence-corrected chi connectivity index (χ1v) is 9.55. The highest BCUT2D eigenvalue weighted by Crippen LogP contribution is 2.63. The van der Waals surface area contributed by atoms with Gasteiger partial charge in [-0.3, -0.25) is 0 Å². The molecule has 4 bridgehead atoms. The Labute approximate surface area is 165 Å². The van der Waals surface area contributed by atoms with E-state index < -0.39 is 34.7 Å². The second kappa shape index (κ2) is 6.61. The predicted octanol–water partition coefficient (Wildman–Crippen LogP) is 3.56. The van der Waals surface area contributed by atoms with Crippen LogP contribution in [0.1, 0.15) is 59.3 Å². The van der Waals surface area contributed by atoms with Crippen LogP contribution < -0.4 is 0 Å². The van der Waals surface area contributed by atoms with Crippen molar-refractivity contribution >= 4 is 17.9 Å². The van der Waals surface area contributed by atoms with E-state index in [1.54, 1.807) is 20.8 Å². The van der Waals surface area contributed by atoms with Crippen LogP contribution in [0.4, 0.5) is 0 Å². The molecule has 0 unspecified atom stereocenters. The molecular formula is C22H28O6. The fourth-order valence-electron chi connectivity index (χ4n) is 5.37. The molecule has 28 heavy (non-hydrogen) atoms. The topological polar surface area (TPSA) is 78.9 Å². The Morgan fingerprint density at radius 2 is 0.893 bits per heavy atom. The Morgan fingerprint density at radius 3 is 1.11 bits per heavy atom. The summed E-state index contributed by atoms with van der Waals surface area (Å²) in [6.07, 6.45) is 3.14. The van der Waals surface area contributed by atoms with Crippen molar-refractivity contribution in [3.05, 3.63) is 36.5 Å². The minimum Gasteiger partial charge on any atom is -0.455 e. The number of rotatable bonds is 6. The smallest absolute Gasteiger partial charge is 0.333 e. The SMILES string of the molecule is C=C(C)C(=O)OC12CC3CC(OC(=O)C(=C)C)(C1)CC(OC(=O)C(=C)C)(C3)C2. The highest BCUT2D eigenvalue weighted by atomic mass is 16.6. The first-order valence-electron chi connectivity index (χ1n) is 9.55. The summed E-state index contributed by atoms with van der Waals surface area (Å²) in [6, 6.07) is 0. The van der Waals surface area contributed by atoms with Gasteiger partial charge in [-0.15, -0.1) is 0 Å². The average Bonchev–Trinajstić information content (AvgIpc) is 2.51. The minimum atomic E-state index is -0.847. The zero-order chi connectivity index (χ0) is 20.9. The van der Waals surface area contributed by atoms with Gasteiger partial charge in [-0.2, -0.15) is 0 Å². The molecule has 4 aliphatic rings. The summed E-state index contributed by atoms with van der Waals surface area (Å²) in [6.45, 7) is 15.8. The van der Waals surface area contributed by atoms with E-state index >= 15 is 0 Å². The standard InChI is InChI=1S/C22H28O6/c1-13(2)17(23)26-20-7-16-8-21(10-20,27-18(24)14(3)4)12-22(9-16,11-20)28-19(25)15(5)6/h16H,1,3,5,7-12H2,2,4,6H3. The number of carbonyl (C=O) groups is 3. The van der Waals surface area contributed by atoms with E-state index in [0.717, 1.165) is 0 Å². The molecule has 4 aliphatic carbocycles. The third kappa shape index (κ3) is 3.64. The molecule has 0 aliphatic heterocycles.